The van der Waals surface area contributed by atoms with E-state index in [1.165, 1.54) is 70.4 Å². The molecule has 4 rings (SSSR count). The third kappa shape index (κ3) is 12.5. The molecule has 0 radical (unpaired) electrons. The van der Waals surface area contributed by atoms with Gasteiger partial charge in [-0.05, 0) is 63.6 Å². The van der Waals surface area contributed by atoms with E-state index < -0.39 is 0 Å². The summed E-state index contributed by atoms with van der Waals surface area (Å²) in [7, 11) is 1.64. The smallest absolute Gasteiger partial charge is 0.0507 e. The molecule has 1 aliphatic carbocycles. The molecule has 1 saturated carbocycles. The Morgan fingerprint density at radius 2 is 1.55 bits per heavy atom. The second-order valence-electron chi connectivity index (χ2n) is 9.20. The first-order chi connectivity index (χ1) is 16.2. The highest BCUT2D eigenvalue weighted by Gasteiger charge is 2.25. The van der Waals surface area contributed by atoms with Gasteiger partial charge >= 0.3 is 0 Å². The summed E-state index contributed by atoms with van der Waals surface area (Å²) in [5.41, 5.74) is 1.41. The molecule has 2 aliphatic heterocycles. The quantitative estimate of drug-likeness (QED) is 0.635. The van der Waals surface area contributed by atoms with E-state index in [2.05, 4.69) is 75.8 Å². The van der Waals surface area contributed by atoms with Crippen molar-refractivity contribution in [2.75, 3.05) is 46.3 Å². The van der Waals surface area contributed by atoms with E-state index in [1.807, 2.05) is 13.8 Å². The molecule has 188 valence electrons. The van der Waals surface area contributed by atoms with Crippen molar-refractivity contribution in [3.63, 3.8) is 0 Å². The molecule has 2 heterocycles. The molecule has 33 heavy (non-hydrogen) atoms. The summed E-state index contributed by atoms with van der Waals surface area (Å²) in [6, 6.07) is 12.2. The minimum atomic E-state index is 0.457. The first-order valence-electron chi connectivity index (χ1n) is 13.2. The van der Waals surface area contributed by atoms with Gasteiger partial charge in [0.1, 0.15) is 0 Å². The second-order valence-corrected chi connectivity index (χ2v) is 9.20. The fourth-order valence-electron chi connectivity index (χ4n) is 4.51. The van der Waals surface area contributed by atoms with Gasteiger partial charge in [0, 0.05) is 52.4 Å². The summed E-state index contributed by atoms with van der Waals surface area (Å²) >= 11 is 0. The molecule has 2 saturated heterocycles. The van der Waals surface area contributed by atoms with Gasteiger partial charge in [-0.2, -0.15) is 0 Å². The topological polar surface area (TPSA) is 43.2 Å². The van der Waals surface area contributed by atoms with Crippen LogP contribution in [0.2, 0.25) is 0 Å². The number of benzene rings is 1. The molecule has 1 aromatic carbocycles. The molecule has 0 spiro atoms. The Bertz CT molecular complexity index is 596. The van der Waals surface area contributed by atoms with Gasteiger partial charge in [-0.3, -0.25) is 14.8 Å². The number of hydrogen-bond donors (Lipinski definition) is 1. The average molecular weight is 458 g/mol. The maximum absolute atomic E-state index is 4.26. The van der Waals surface area contributed by atoms with Crippen molar-refractivity contribution in [1.29, 1.82) is 0 Å². The van der Waals surface area contributed by atoms with Gasteiger partial charge < -0.3 is 10.3 Å². The van der Waals surface area contributed by atoms with Crippen LogP contribution in [-0.4, -0.2) is 81.6 Å². The normalized spacial score (nSPS) is 24.0. The Balaban J connectivity index is 0.000000304. The van der Waals surface area contributed by atoms with Crippen LogP contribution in [0.4, 0.5) is 0 Å². The van der Waals surface area contributed by atoms with Crippen molar-refractivity contribution < 1.29 is 0 Å². The summed E-state index contributed by atoms with van der Waals surface area (Å²) in [5, 5.41) is 3.38. The summed E-state index contributed by atoms with van der Waals surface area (Å²) < 4.78 is 0. The van der Waals surface area contributed by atoms with Crippen LogP contribution in [-0.2, 0) is 6.54 Å². The zero-order valence-corrected chi connectivity index (χ0v) is 22.0. The molecule has 0 aromatic heterocycles. The molecule has 2 atom stereocenters. The summed E-state index contributed by atoms with van der Waals surface area (Å²) in [4.78, 5) is 12.7. The van der Waals surface area contributed by atoms with Crippen LogP contribution in [0.25, 0.3) is 0 Å². The lowest BCUT2D eigenvalue weighted by molar-refractivity contribution is 0.112. The third-order valence-electron chi connectivity index (χ3n) is 6.64. The number of nitrogens with zero attached hydrogens (tertiary/aromatic N) is 4. The van der Waals surface area contributed by atoms with Crippen LogP contribution in [0.1, 0.15) is 64.9 Å². The zero-order valence-electron chi connectivity index (χ0n) is 22.0. The molecular formula is C28H51N5. The van der Waals surface area contributed by atoms with E-state index in [0.717, 1.165) is 31.5 Å². The van der Waals surface area contributed by atoms with Gasteiger partial charge in [0.05, 0.1) is 6.04 Å². The summed E-state index contributed by atoms with van der Waals surface area (Å²) in [5.74, 6) is 0.763. The van der Waals surface area contributed by atoms with E-state index >= 15 is 0 Å². The lowest BCUT2D eigenvalue weighted by Gasteiger charge is -2.39. The molecular weight excluding hydrogens is 406 g/mol. The van der Waals surface area contributed by atoms with Gasteiger partial charge in [-0.1, -0.05) is 57.5 Å². The van der Waals surface area contributed by atoms with Crippen molar-refractivity contribution in [2.45, 2.75) is 77.9 Å². The lowest BCUT2D eigenvalue weighted by Crippen LogP contribution is -2.50. The predicted octanol–water partition coefficient (Wildman–Crippen LogP) is 5.16. The molecule has 0 bridgehead atoms. The van der Waals surface area contributed by atoms with Crippen molar-refractivity contribution >= 4 is 13.4 Å². The average Bonchev–Trinajstić information content (AvgIpc) is 2.81. The van der Waals surface area contributed by atoms with E-state index in [4.69, 9.17) is 0 Å². The maximum Gasteiger partial charge on any atom is 0.0507 e. The van der Waals surface area contributed by atoms with Crippen LogP contribution in [0.3, 0.4) is 0 Å². The highest BCUT2D eigenvalue weighted by Crippen LogP contribution is 2.24. The van der Waals surface area contributed by atoms with E-state index in [1.54, 1.807) is 7.05 Å². The van der Waals surface area contributed by atoms with Gasteiger partial charge in [0.15, 0.2) is 0 Å². The van der Waals surface area contributed by atoms with Crippen molar-refractivity contribution in [3.8, 4) is 0 Å². The SMILES string of the molecule is C1CC(N2CCNCC2)C1.C=NC.C=NC1CCN(Cc2ccccc2)CCC(C)C1.CC. The fourth-order valence-corrected chi connectivity index (χ4v) is 4.51. The minimum absolute atomic E-state index is 0.457. The third-order valence-corrected chi connectivity index (χ3v) is 6.64. The molecule has 1 aromatic rings. The molecule has 5 nitrogen and oxygen atoms in total. The predicted molar refractivity (Wildman–Crippen MR) is 147 cm³/mol. The van der Waals surface area contributed by atoms with Crippen LogP contribution in [0.15, 0.2) is 40.3 Å². The van der Waals surface area contributed by atoms with E-state index in [-0.39, 0.29) is 0 Å². The van der Waals surface area contributed by atoms with Crippen LogP contribution >= 0.6 is 0 Å². The first kappa shape index (κ1) is 29.5. The maximum atomic E-state index is 4.26. The van der Waals surface area contributed by atoms with Crippen LogP contribution in [0, 0.1) is 5.92 Å². The Morgan fingerprint density at radius 3 is 2.09 bits per heavy atom. The van der Waals surface area contributed by atoms with Crippen LogP contribution in [0.5, 0.6) is 0 Å². The Kier molecular flexibility index (Phi) is 16.8. The second kappa shape index (κ2) is 18.8. The van der Waals surface area contributed by atoms with Crippen molar-refractivity contribution in [1.82, 2.24) is 15.1 Å². The molecule has 5 heteroatoms. The fraction of sp³-hybridized carbons (Fsp3) is 0.714. The van der Waals surface area contributed by atoms with Crippen LogP contribution < -0.4 is 5.32 Å². The summed E-state index contributed by atoms with van der Waals surface area (Å²) in [6.07, 6.45) is 8.02. The summed E-state index contributed by atoms with van der Waals surface area (Å²) in [6.45, 7) is 21.6. The molecule has 3 fully saturated rings. The highest BCUT2D eigenvalue weighted by atomic mass is 15.2. The largest absolute Gasteiger partial charge is 0.314 e. The monoisotopic (exact) mass is 457 g/mol. The number of rotatable bonds is 4. The minimum Gasteiger partial charge on any atom is -0.314 e. The Morgan fingerprint density at radius 1 is 0.939 bits per heavy atom. The lowest BCUT2D eigenvalue weighted by atomic mass is 9.91. The Hall–Kier alpha value is -1.56. The van der Waals surface area contributed by atoms with Gasteiger partial charge in [-0.25, -0.2) is 0 Å². The number of hydrogen-bond acceptors (Lipinski definition) is 5. The van der Waals surface area contributed by atoms with Gasteiger partial charge in [0.2, 0.25) is 0 Å². The first-order valence-corrected chi connectivity index (χ1v) is 13.2. The van der Waals surface area contributed by atoms with Crippen molar-refractivity contribution in [3.05, 3.63) is 35.9 Å². The number of aliphatic imine (C=N–C) groups is 2. The van der Waals surface area contributed by atoms with Gasteiger partial charge in [-0.15, -0.1) is 0 Å². The highest BCUT2D eigenvalue weighted by molar-refractivity contribution is 5.24. The van der Waals surface area contributed by atoms with E-state index in [9.17, 15) is 0 Å². The number of nitrogens with one attached hydrogen (secondary N) is 1. The standard InChI is InChI=1S/C16H24N2.C8H16N2.C2H5N.C2H6/c1-14-8-10-18(11-9-16(12-14)17-2)13-15-6-4-3-5-7-15;1-2-8(3-1)10-6-4-9-5-7-10;1-3-2;1-2/h3-7,14,16H,2,8-13H2,1H3;8-9H,1-7H2;1H2,2H3;1-2H3. The molecule has 0 amide bonds. The zero-order chi connectivity index (χ0) is 24.3. The van der Waals surface area contributed by atoms with E-state index in [0.29, 0.717) is 6.04 Å². The molecule has 3 aliphatic rings. The molecule has 2 unspecified atom stereocenters. The Labute approximate surface area is 204 Å². The molecule has 1 N–H and O–H groups in total. The number of piperazine rings is 1. The van der Waals surface area contributed by atoms with Gasteiger partial charge in [0.25, 0.3) is 0 Å². The number of likely N-dealkylation sites (tertiary alicyclic amines) is 1. The van der Waals surface area contributed by atoms with Crippen molar-refractivity contribution in [2.24, 2.45) is 15.9 Å².